The van der Waals surface area contributed by atoms with Gasteiger partial charge in [-0.2, -0.15) is 0 Å². The third-order valence-electron chi connectivity index (χ3n) is 1.04. The molecule has 5 heteroatoms. The third-order valence-corrected chi connectivity index (χ3v) is 2.71. The summed E-state index contributed by atoms with van der Waals surface area (Å²) in [5, 5.41) is 4.89. The lowest BCUT2D eigenvalue weighted by atomic mass is 10.5. The summed E-state index contributed by atoms with van der Waals surface area (Å²) in [5.74, 6) is 0. The monoisotopic (exact) mass is 206 g/mol. The van der Waals surface area contributed by atoms with E-state index in [4.69, 9.17) is 17.3 Å². The minimum atomic E-state index is 0.533. The first-order valence-corrected chi connectivity index (χ1v) is 5.38. The van der Waals surface area contributed by atoms with Gasteiger partial charge in [-0.3, -0.25) is 0 Å². The van der Waals surface area contributed by atoms with Gasteiger partial charge in [-0.1, -0.05) is 23.4 Å². The summed E-state index contributed by atoms with van der Waals surface area (Å²) in [5.41, 5.74) is 6.25. The molecule has 0 unspecified atom stereocenters. The lowest BCUT2D eigenvalue weighted by Crippen LogP contribution is -2.03. The van der Waals surface area contributed by atoms with Crippen molar-refractivity contribution in [2.75, 3.05) is 6.26 Å². The van der Waals surface area contributed by atoms with Crippen LogP contribution in [0.15, 0.2) is 15.8 Å². The highest BCUT2D eigenvalue weighted by atomic mass is 35.5. The van der Waals surface area contributed by atoms with Crippen LogP contribution in [0.25, 0.3) is 0 Å². The summed E-state index contributed by atoms with van der Waals surface area (Å²) in [4.78, 5) is 4.07. The summed E-state index contributed by atoms with van der Waals surface area (Å²) in [7, 11) is 0. The molecule has 0 saturated heterocycles. The number of thiophene rings is 1. The first-order valence-electron chi connectivity index (χ1n) is 2.84. The van der Waals surface area contributed by atoms with Crippen molar-refractivity contribution in [1.29, 1.82) is 0 Å². The van der Waals surface area contributed by atoms with Gasteiger partial charge in [0.15, 0.2) is 5.17 Å². The zero-order chi connectivity index (χ0) is 8.27. The molecular weight excluding hydrogens is 200 g/mol. The van der Waals surface area contributed by atoms with Crippen LogP contribution in [0.4, 0.5) is 5.69 Å². The maximum Gasteiger partial charge on any atom is 0.158 e. The number of halogens is 1. The molecule has 0 aromatic carbocycles. The fourth-order valence-electron chi connectivity index (χ4n) is 0.519. The van der Waals surface area contributed by atoms with E-state index in [-0.39, 0.29) is 0 Å². The summed E-state index contributed by atoms with van der Waals surface area (Å²) in [6.45, 7) is 0. The number of hydrogen-bond acceptors (Lipinski definition) is 3. The van der Waals surface area contributed by atoms with Crippen molar-refractivity contribution in [3.63, 3.8) is 0 Å². The van der Waals surface area contributed by atoms with Crippen LogP contribution in [0.3, 0.4) is 0 Å². The Morgan fingerprint density at radius 1 is 1.73 bits per heavy atom. The normalized spacial score (nSPS) is 12.0. The molecule has 0 aliphatic heterocycles. The predicted molar refractivity (Wildman–Crippen MR) is 54.1 cm³/mol. The van der Waals surface area contributed by atoms with Gasteiger partial charge in [-0.15, -0.1) is 11.3 Å². The number of nitrogens with two attached hydrogens (primary N) is 1. The Morgan fingerprint density at radius 2 is 2.45 bits per heavy atom. The maximum absolute atomic E-state index is 5.78. The molecule has 1 rings (SSSR count). The average Bonchev–Trinajstić information content (AvgIpc) is 2.37. The van der Waals surface area contributed by atoms with Gasteiger partial charge in [0.2, 0.25) is 0 Å². The average molecular weight is 207 g/mol. The third kappa shape index (κ3) is 2.39. The molecule has 2 nitrogen and oxygen atoms in total. The van der Waals surface area contributed by atoms with Gasteiger partial charge >= 0.3 is 0 Å². The molecule has 60 valence electrons. The van der Waals surface area contributed by atoms with E-state index in [1.165, 1.54) is 23.1 Å². The van der Waals surface area contributed by atoms with Gasteiger partial charge in [-0.25, -0.2) is 4.99 Å². The van der Waals surface area contributed by atoms with Gasteiger partial charge in [0.25, 0.3) is 0 Å². The maximum atomic E-state index is 5.78. The van der Waals surface area contributed by atoms with E-state index in [9.17, 15) is 0 Å². The molecule has 0 atom stereocenters. The molecule has 2 N–H and O–H groups in total. The van der Waals surface area contributed by atoms with Gasteiger partial charge < -0.3 is 5.73 Å². The molecule has 0 aliphatic rings. The highest BCUT2D eigenvalue weighted by Gasteiger charge is 1.98. The first kappa shape index (κ1) is 8.90. The molecule has 0 amide bonds. The van der Waals surface area contributed by atoms with Gasteiger partial charge in [0.1, 0.15) is 0 Å². The number of nitrogens with zero attached hydrogens (tertiary/aromatic N) is 1. The predicted octanol–water partition coefficient (Wildman–Crippen LogP) is 2.71. The van der Waals surface area contributed by atoms with Crippen LogP contribution in [0.1, 0.15) is 0 Å². The lowest BCUT2D eigenvalue weighted by Gasteiger charge is -1.92. The lowest BCUT2D eigenvalue weighted by molar-refractivity contribution is 1.56. The Morgan fingerprint density at radius 3 is 2.91 bits per heavy atom. The highest BCUT2D eigenvalue weighted by molar-refractivity contribution is 8.13. The van der Waals surface area contributed by atoms with Gasteiger partial charge in [0, 0.05) is 10.8 Å². The van der Waals surface area contributed by atoms with E-state index in [1.807, 2.05) is 17.0 Å². The van der Waals surface area contributed by atoms with Crippen molar-refractivity contribution in [3.8, 4) is 0 Å². The summed E-state index contributed by atoms with van der Waals surface area (Å²) in [6, 6.07) is 0. The van der Waals surface area contributed by atoms with Crippen LogP contribution in [-0.4, -0.2) is 11.4 Å². The smallest absolute Gasteiger partial charge is 0.158 e. The van der Waals surface area contributed by atoms with Crippen LogP contribution in [0.2, 0.25) is 5.02 Å². The minimum Gasteiger partial charge on any atom is -0.378 e. The van der Waals surface area contributed by atoms with E-state index < -0.39 is 0 Å². The number of rotatable bonds is 1. The zero-order valence-electron chi connectivity index (χ0n) is 5.87. The Labute approximate surface area is 78.5 Å². The van der Waals surface area contributed by atoms with Crippen LogP contribution in [-0.2, 0) is 0 Å². The number of hydrogen-bond donors (Lipinski definition) is 1. The standard InChI is InChI=1S/C6H7ClN2S2/c1-10-6(8)9-5-3-11-2-4(5)7/h2-3H,1H3,(H2,8,9). The minimum absolute atomic E-state index is 0.533. The van der Waals surface area contributed by atoms with E-state index in [0.29, 0.717) is 10.2 Å². The zero-order valence-corrected chi connectivity index (χ0v) is 8.26. The van der Waals surface area contributed by atoms with Crippen LogP contribution in [0, 0.1) is 0 Å². The van der Waals surface area contributed by atoms with E-state index >= 15 is 0 Å². The second-order valence-electron chi connectivity index (χ2n) is 1.76. The number of amidine groups is 1. The van der Waals surface area contributed by atoms with Crippen molar-refractivity contribution in [3.05, 3.63) is 15.8 Å². The SMILES string of the molecule is CSC(N)=Nc1cscc1Cl. The molecule has 11 heavy (non-hydrogen) atoms. The largest absolute Gasteiger partial charge is 0.378 e. The molecule has 0 spiro atoms. The van der Waals surface area contributed by atoms with Gasteiger partial charge in [-0.05, 0) is 6.26 Å². The Kier molecular flexibility index (Phi) is 3.23. The van der Waals surface area contributed by atoms with Crippen molar-refractivity contribution in [2.24, 2.45) is 10.7 Å². The topological polar surface area (TPSA) is 38.4 Å². The van der Waals surface area contributed by atoms with Crippen LogP contribution < -0.4 is 5.73 Å². The molecule has 0 saturated carbocycles. The van der Waals surface area contributed by atoms with Crippen molar-refractivity contribution in [2.45, 2.75) is 0 Å². The molecule has 1 heterocycles. The first-order chi connectivity index (χ1) is 5.24. The molecule has 0 radical (unpaired) electrons. The molecule has 0 fully saturated rings. The summed E-state index contributed by atoms with van der Waals surface area (Å²) < 4.78 is 0. The second kappa shape index (κ2) is 3.99. The van der Waals surface area contributed by atoms with E-state index in [1.54, 1.807) is 0 Å². The van der Waals surface area contributed by atoms with Crippen LogP contribution >= 0.6 is 34.7 Å². The highest BCUT2D eigenvalue weighted by Crippen LogP contribution is 2.28. The van der Waals surface area contributed by atoms with Crippen LogP contribution in [0.5, 0.6) is 0 Å². The summed E-state index contributed by atoms with van der Waals surface area (Å²) >= 11 is 8.70. The Hall–Kier alpha value is -0.190. The molecular formula is C6H7ClN2S2. The number of aliphatic imine (C=N–C) groups is 1. The molecule has 0 aliphatic carbocycles. The molecule has 1 aromatic rings. The molecule has 1 aromatic heterocycles. The Balaban J connectivity index is 2.86. The molecule has 0 bridgehead atoms. The number of thioether (sulfide) groups is 1. The second-order valence-corrected chi connectivity index (χ2v) is 3.74. The Bertz CT molecular complexity index is 269. The summed E-state index contributed by atoms with van der Waals surface area (Å²) in [6.07, 6.45) is 1.87. The fraction of sp³-hybridized carbons (Fsp3) is 0.167. The van der Waals surface area contributed by atoms with Crippen molar-refractivity contribution < 1.29 is 0 Å². The van der Waals surface area contributed by atoms with Crippen molar-refractivity contribution >= 4 is 45.6 Å². The van der Waals surface area contributed by atoms with E-state index in [0.717, 1.165) is 5.69 Å². The fourth-order valence-corrected chi connectivity index (χ4v) is 1.64. The van der Waals surface area contributed by atoms with Crippen molar-refractivity contribution in [1.82, 2.24) is 0 Å². The van der Waals surface area contributed by atoms with E-state index in [2.05, 4.69) is 4.99 Å². The quantitative estimate of drug-likeness (QED) is 0.567. The van der Waals surface area contributed by atoms with Gasteiger partial charge in [0.05, 0.1) is 10.7 Å².